The molecule has 0 saturated carbocycles. The van der Waals surface area contributed by atoms with Crippen molar-refractivity contribution in [3.63, 3.8) is 0 Å². The summed E-state index contributed by atoms with van der Waals surface area (Å²) in [4.78, 5) is 16.4. The van der Waals surface area contributed by atoms with E-state index in [0.29, 0.717) is 12.4 Å². The number of carbonyl (C=O) groups excluding carboxylic acids is 1. The van der Waals surface area contributed by atoms with Gasteiger partial charge >= 0.3 is 0 Å². The van der Waals surface area contributed by atoms with Gasteiger partial charge in [-0.05, 0) is 11.6 Å². The molecule has 90 valence electrons. The van der Waals surface area contributed by atoms with E-state index in [9.17, 15) is 4.79 Å². The van der Waals surface area contributed by atoms with Crippen LogP contribution in [0.15, 0.2) is 23.2 Å². The lowest BCUT2D eigenvalue weighted by atomic mass is 9.85. The van der Waals surface area contributed by atoms with Gasteiger partial charge in [-0.15, -0.1) is 0 Å². The maximum Gasteiger partial charge on any atom is 0.216 e. The number of hydrogen-bond donors (Lipinski definition) is 0. The van der Waals surface area contributed by atoms with Gasteiger partial charge in [0.25, 0.3) is 0 Å². The molecule has 0 N–H and O–H groups in total. The monoisotopic (exact) mass is 231 g/mol. The molecule has 0 aliphatic carbocycles. The molecule has 0 radical (unpaired) electrons. The van der Waals surface area contributed by atoms with E-state index >= 15 is 0 Å². The number of ether oxygens (including phenoxy) is 1. The molecule has 1 aliphatic rings. The molecule has 0 amide bonds. The molecule has 1 aliphatic heterocycles. The summed E-state index contributed by atoms with van der Waals surface area (Å²) in [5.74, 6) is 0.770. The van der Waals surface area contributed by atoms with E-state index in [0.717, 1.165) is 16.7 Å². The molecule has 0 aromatic heterocycles. The van der Waals surface area contributed by atoms with Crippen molar-refractivity contribution in [1.82, 2.24) is 0 Å². The second-order valence-corrected chi connectivity index (χ2v) is 5.28. The molecule has 2 rings (SSSR count). The zero-order valence-electron chi connectivity index (χ0n) is 10.7. The normalized spacial score (nSPS) is 14.2. The van der Waals surface area contributed by atoms with Gasteiger partial charge in [0.2, 0.25) is 5.90 Å². The Balaban J connectivity index is 2.41. The number of carbonyl (C=O) groups is 1. The summed E-state index contributed by atoms with van der Waals surface area (Å²) in [6.07, 6.45) is 0. The van der Waals surface area contributed by atoms with Crippen LogP contribution in [-0.4, -0.2) is 18.8 Å². The fraction of sp³-hybridized carbons (Fsp3) is 0.429. The third kappa shape index (κ3) is 2.09. The van der Waals surface area contributed by atoms with Crippen molar-refractivity contribution < 1.29 is 9.53 Å². The Morgan fingerprint density at radius 3 is 2.65 bits per heavy atom. The summed E-state index contributed by atoms with van der Waals surface area (Å²) in [5, 5.41) is 0. The van der Waals surface area contributed by atoms with Gasteiger partial charge in [-0.3, -0.25) is 4.79 Å². The average molecular weight is 231 g/mol. The van der Waals surface area contributed by atoms with Crippen LogP contribution in [0.25, 0.3) is 0 Å². The van der Waals surface area contributed by atoms with Crippen LogP contribution >= 0.6 is 0 Å². The molecular formula is C14H17NO2. The third-order valence-electron chi connectivity index (χ3n) is 2.87. The molecule has 0 bridgehead atoms. The van der Waals surface area contributed by atoms with Crippen LogP contribution in [0, 0.1) is 5.41 Å². The number of rotatable bonds is 1. The lowest BCUT2D eigenvalue weighted by Crippen LogP contribution is -2.20. The predicted molar refractivity (Wildman–Crippen MR) is 67.5 cm³/mol. The minimum Gasteiger partial charge on any atom is -0.481 e. The first-order valence-electron chi connectivity index (χ1n) is 5.70. The number of nitrogens with zero attached hydrogens (tertiary/aromatic N) is 1. The maximum atomic E-state index is 12.2. The quantitative estimate of drug-likeness (QED) is 0.697. The van der Waals surface area contributed by atoms with Crippen LogP contribution in [0.3, 0.4) is 0 Å². The molecule has 0 unspecified atom stereocenters. The Bertz CT molecular complexity index is 495. The molecule has 3 heteroatoms. The highest BCUT2D eigenvalue weighted by atomic mass is 16.5. The Hall–Kier alpha value is -1.64. The Labute approximate surface area is 102 Å². The first-order chi connectivity index (χ1) is 7.93. The fourth-order valence-corrected chi connectivity index (χ4v) is 1.90. The van der Waals surface area contributed by atoms with Gasteiger partial charge < -0.3 is 4.74 Å². The van der Waals surface area contributed by atoms with Crippen LogP contribution in [-0.2, 0) is 11.3 Å². The van der Waals surface area contributed by atoms with Crippen LogP contribution in [0.4, 0.5) is 0 Å². The number of Topliss-reactive ketones (excluding diaryl/α,β-unsaturated/α-hetero) is 1. The number of fused-ring (bicyclic) bond motifs is 1. The lowest BCUT2D eigenvalue weighted by Gasteiger charge is -2.17. The number of benzene rings is 1. The van der Waals surface area contributed by atoms with Crippen molar-refractivity contribution in [3.8, 4) is 0 Å². The van der Waals surface area contributed by atoms with Crippen LogP contribution in [0.2, 0.25) is 0 Å². The Morgan fingerprint density at radius 2 is 2.06 bits per heavy atom. The van der Waals surface area contributed by atoms with E-state index in [1.165, 1.54) is 0 Å². The molecule has 0 fully saturated rings. The molecule has 0 saturated heterocycles. The van der Waals surface area contributed by atoms with Gasteiger partial charge in [-0.2, -0.15) is 0 Å². The molecule has 1 aromatic carbocycles. The molecule has 0 atom stereocenters. The van der Waals surface area contributed by atoms with Crippen LogP contribution < -0.4 is 0 Å². The summed E-state index contributed by atoms with van der Waals surface area (Å²) in [6, 6.07) is 5.72. The molecular weight excluding hydrogens is 214 g/mol. The van der Waals surface area contributed by atoms with Crippen molar-refractivity contribution in [2.45, 2.75) is 27.3 Å². The third-order valence-corrected chi connectivity index (χ3v) is 2.87. The Kier molecular flexibility index (Phi) is 2.77. The van der Waals surface area contributed by atoms with Gasteiger partial charge in [0.15, 0.2) is 5.78 Å². The highest BCUT2D eigenvalue weighted by molar-refractivity contribution is 6.04. The number of methoxy groups -OCH3 is 1. The molecule has 1 heterocycles. The van der Waals surface area contributed by atoms with Crippen molar-refractivity contribution in [3.05, 3.63) is 34.9 Å². The summed E-state index contributed by atoms with van der Waals surface area (Å²) >= 11 is 0. The van der Waals surface area contributed by atoms with Gasteiger partial charge in [-0.1, -0.05) is 32.9 Å². The van der Waals surface area contributed by atoms with Gasteiger partial charge in [-0.25, -0.2) is 4.99 Å². The van der Waals surface area contributed by atoms with E-state index < -0.39 is 0 Å². The molecule has 0 spiro atoms. The average Bonchev–Trinajstić information content (AvgIpc) is 2.68. The lowest BCUT2D eigenvalue weighted by molar-refractivity contribution is 0.0858. The maximum absolute atomic E-state index is 12.2. The molecule has 1 aromatic rings. The number of aliphatic imine (C=N–C) groups is 1. The number of ketones is 1. The summed E-state index contributed by atoms with van der Waals surface area (Å²) in [5.41, 5.74) is 2.43. The van der Waals surface area contributed by atoms with E-state index in [4.69, 9.17) is 4.74 Å². The van der Waals surface area contributed by atoms with Crippen molar-refractivity contribution in [2.75, 3.05) is 7.11 Å². The van der Waals surface area contributed by atoms with Crippen LogP contribution in [0.1, 0.15) is 42.3 Å². The Morgan fingerprint density at radius 1 is 1.35 bits per heavy atom. The highest BCUT2D eigenvalue weighted by Crippen LogP contribution is 2.25. The molecule has 3 nitrogen and oxygen atoms in total. The smallest absolute Gasteiger partial charge is 0.216 e. The zero-order valence-corrected chi connectivity index (χ0v) is 10.7. The minimum absolute atomic E-state index is 0.141. The second kappa shape index (κ2) is 3.99. The molecule has 17 heavy (non-hydrogen) atoms. The van der Waals surface area contributed by atoms with E-state index in [1.54, 1.807) is 7.11 Å². The van der Waals surface area contributed by atoms with Crippen molar-refractivity contribution >= 4 is 11.7 Å². The zero-order chi connectivity index (χ0) is 12.6. The first-order valence-corrected chi connectivity index (χ1v) is 5.70. The SMILES string of the molecule is COC1=NCc2ccc(C(=O)C(C)(C)C)cc21. The topological polar surface area (TPSA) is 38.7 Å². The predicted octanol–water partition coefficient (Wildman–Crippen LogP) is 2.82. The van der Waals surface area contributed by atoms with Crippen molar-refractivity contribution in [1.29, 1.82) is 0 Å². The van der Waals surface area contributed by atoms with Crippen LogP contribution in [0.5, 0.6) is 0 Å². The van der Waals surface area contributed by atoms with Gasteiger partial charge in [0, 0.05) is 16.5 Å². The van der Waals surface area contributed by atoms with E-state index in [2.05, 4.69) is 4.99 Å². The van der Waals surface area contributed by atoms with E-state index in [1.807, 2.05) is 39.0 Å². The fourth-order valence-electron chi connectivity index (χ4n) is 1.90. The van der Waals surface area contributed by atoms with Crippen molar-refractivity contribution in [2.24, 2.45) is 10.4 Å². The standard InChI is InChI=1S/C14H17NO2/c1-14(2,3)12(16)9-5-6-10-8-15-13(17-4)11(10)7-9/h5-7H,8H2,1-4H3. The van der Waals surface area contributed by atoms with E-state index in [-0.39, 0.29) is 11.2 Å². The highest BCUT2D eigenvalue weighted by Gasteiger charge is 2.25. The largest absolute Gasteiger partial charge is 0.481 e. The minimum atomic E-state index is -0.364. The summed E-state index contributed by atoms with van der Waals surface area (Å²) < 4.78 is 5.20. The second-order valence-electron chi connectivity index (χ2n) is 5.28. The summed E-state index contributed by atoms with van der Waals surface area (Å²) in [6.45, 7) is 6.41. The van der Waals surface area contributed by atoms with Gasteiger partial charge in [0.05, 0.1) is 13.7 Å². The first kappa shape index (κ1) is 11.8. The summed E-state index contributed by atoms with van der Waals surface area (Å²) in [7, 11) is 1.60. The van der Waals surface area contributed by atoms with Gasteiger partial charge in [0.1, 0.15) is 0 Å². The number of hydrogen-bond acceptors (Lipinski definition) is 3.